The molecule has 1 aromatic rings. The fourth-order valence-corrected chi connectivity index (χ4v) is 0.609. The molecule has 1 rings (SSSR count). The maximum absolute atomic E-state index is 9.81. The molecule has 0 amide bonds. The van der Waals surface area contributed by atoms with E-state index in [1.165, 1.54) is 18.5 Å². The van der Waals surface area contributed by atoms with Crippen molar-refractivity contribution < 1.29 is 9.90 Å². The van der Waals surface area contributed by atoms with Gasteiger partial charge in [-0.2, -0.15) is 0 Å². The Kier molecular flexibility index (Phi) is 2.24. The first-order valence-electron chi connectivity index (χ1n) is 2.92. The Bertz CT molecular complexity index is 322. The van der Waals surface area contributed by atoms with Gasteiger partial charge < -0.3 is 5.11 Å². The van der Waals surface area contributed by atoms with Crippen LogP contribution >= 0.6 is 0 Å². The van der Waals surface area contributed by atoms with Gasteiger partial charge in [0.05, 0.1) is 6.20 Å². The van der Waals surface area contributed by atoms with Crippen molar-refractivity contribution in [1.82, 2.24) is 4.98 Å². The summed E-state index contributed by atoms with van der Waals surface area (Å²) in [6.45, 7) is 0. The minimum absolute atomic E-state index is 0.0442. The second-order valence-electron chi connectivity index (χ2n) is 1.82. The molecule has 0 aliphatic carbocycles. The van der Waals surface area contributed by atoms with Crippen LogP contribution in [0.25, 0.3) is 0 Å². The number of aldehydes is 1. The van der Waals surface area contributed by atoms with Gasteiger partial charge in [0.1, 0.15) is 5.75 Å². The summed E-state index contributed by atoms with van der Waals surface area (Å²) in [6.07, 6.45) is 3.26. The van der Waals surface area contributed by atoms with Crippen LogP contribution in [0.2, 0.25) is 0 Å². The van der Waals surface area contributed by atoms with Crippen molar-refractivity contribution in [2.24, 2.45) is 0 Å². The third-order valence-corrected chi connectivity index (χ3v) is 0.999. The van der Waals surface area contributed by atoms with E-state index in [1.807, 2.05) is 0 Å². The summed E-state index contributed by atoms with van der Waals surface area (Å²) in [4.78, 5) is 13.5. The number of aromatic nitrogens is 1. The van der Waals surface area contributed by atoms with Crippen LogP contribution in [0.4, 0.5) is 0 Å². The van der Waals surface area contributed by atoms with Crippen LogP contribution in [0.15, 0.2) is 18.5 Å². The molecule has 3 nitrogen and oxygen atoms in total. The van der Waals surface area contributed by atoms with E-state index in [0.29, 0.717) is 11.8 Å². The van der Waals surface area contributed by atoms with Crippen LogP contribution in [-0.4, -0.2) is 16.4 Å². The molecule has 0 aliphatic heterocycles. The van der Waals surface area contributed by atoms with Gasteiger partial charge in [0, 0.05) is 11.8 Å². The normalized spacial score (nSPS) is 8.00. The summed E-state index contributed by atoms with van der Waals surface area (Å²) in [6, 6.07) is 1.43. The lowest BCUT2D eigenvalue weighted by Crippen LogP contribution is -1.76. The number of pyridine rings is 1. The molecule has 0 saturated heterocycles. The van der Waals surface area contributed by atoms with Crippen LogP contribution < -0.4 is 0 Å². The lowest BCUT2D eigenvalue weighted by Gasteiger charge is -1.89. The summed E-state index contributed by atoms with van der Waals surface area (Å²) in [5.41, 5.74) is 0.525. The Morgan fingerprint density at radius 2 is 2.36 bits per heavy atom. The molecule has 0 aliphatic rings. The number of carbonyl (C=O) groups excluding carboxylic acids is 1. The second-order valence-corrected chi connectivity index (χ2v) is 1.82. The van der Waals surface area contributed by atoms with Crippen LogP contribution in [-0.2, 0) is 4.79 Å². The Hall–Kier alpha value is -1.82. The summed E-state index contributed by atoms with van der Waals surface area (Å²) in [7, 11) is 0. The van der Waals surface area contributed by atoms with E-state index in [9.17, 15) is 4.79 Å². The van der Waals surface area contributed by atoms with Crippen molar-refractivity contribution in [1.29, 1.82) is 0 Å². The zero-order valence-corrected chi connectivity index (χ0v) is 5.61. The van der Waals surface area contributed by atoms with Gasteiger partial charge in [0.2, 0.25) is 0 Å². The summed E-state index contributed by atoms with van der Waals surface area (Å²) in [5.74, 6) is 4.75. The molecule has 1 aromatic heterocycles. The summed E-state index contributed by atoms with van der Waals surface area (Å²) >= 11 is 0. The molecule has 0 atom stereocenters. The minimum Gasteiger partial charge on any atom is -0.506 e. The smallest absolute Gasteiger partial charge is 0.193 e. The molecule has 0 spiro atoms. The highest BCUT2D eigenvalue weighted by atomic mass is 16.3. The van der Waals surface area contributed by atoms with Gasteiger partial charge in [-0.15, -0.1) is 0 Å². The molecule has 0 fully saturated rings. The predicted octanol–water partition coefficient (Wildman–Crippen LogP) is 0.338. The number of nitrogens with zero attached hydrogens (tertiary/aromatic N) is 1. The zero-order chi connectivity index (χ0) is 8.10. The number of hydrogen-bond acceptors (Lipinski definition) is 3. The molecular formula is C8H5NO2. The van der Waals surface area contributed by atoms with Crippen LogP contribution in [0, 0.1) is 11.8 Å². The van der Waals surface area contributed by atoms with Crippen molar-refractivity contribution >= 4 is 6.29 Å². The average Bonchev–Trinajstić information content (AvgIpc) is 2.01. The van der Waals surface area contributed by atoms with E-state index in [1.54, 1.807) is 0 Å². The van der Waals surface area contributed by atoms with E-state index in [-0.39, 0.29) is 5.75 Å². The highest BCUT2D eigenvalue weighted by Gasteiger charge is 1.88. The van der Waals surface area contributed by atoms with Crippen LogP contribution in [0.5, 0.6) is 5.75 Å². The van der Waals surface area contributed by atoms with Gasteiger partial charge >= 0.3 is 0 Å². The molecule has 0 radical (unpaired) electrons. The molecule has 1 heterocycles. The van der Waals surface area contributed by atoms with Crippen molar-refractivity contribution in [2.45, 2.75) is 0 Å². The van der Waals surface area contributed by atoms with Crippen molar-refractivity contribution in [2.75, 3.05) is 0 Å². The fraction of sp³-hybridized carbons (Fsp3) is 0. The number of rotatable bonds is 0. The molecule has 0 bridgehead atoms. The molecule has 54 valence electrons. The Morgan fingerprint density at radius 1 is 1.55 bits per heavy atom. The van der Waals surface area contributed by atoms with Gasteiger partial charge in [0.15, 0.2) is 6.29 Å². The first kappa shape index (κ1) is 7.29. The van der Waals surface area contributed by atoms with Gasteiger partial charge in [0.25, 0.3) is 0 Å². The molecule has 1 N–H and O–H groups in total. The molecule has 0 unspecified atom stereocenters. The van der Waals surface area contributed by atoms with Crippen molar-refractivity contribution in [3.05, 3.63) is 24.0 Å². The molecule has 0 saturated carbocycles. The maximum atomic E-state index is 9.81. The highest BCUT2D eigenvalue weighted by Crippen LogP contribution is 2.06. The molecular weight excluding hydrogens is 142 g/mol. The van der Waals surface area contributed by atoms with Gasteiger partial charge in [-0.3, -0.25) is 9.78 Å². The molecule has 0 aromatic carbocycles. The third kappa shape index (κ3) is 2.11. The van der Waals surface area contributed by atoms with Gasteiger partial charge in [-0.05, 0) is 12.0 Å². The largest absolute Gasteiger partial charge is 0.506 e. The first-order valence-corrected chi connectivity index (χ1v) is 2.92. The lowest BCUT2D eigenvalue weighted by molar-refractivity contribution is -0.103. The minimum atomic E-state index is 0.0442. The standard InChI is InChI=1S/C8H5NO2/c10-3-1-2-7-4-8(11)6-9-5-7/h3-6,11H. The van der Waals surface area contributed by atoms with Crippen LogP contribution in [0.3, 0.4) is 0 Å². The first-order chi connectivity index (χ1) is 5.33. The Morgan fingerprint density at radius 3 is 3.00 bits per heavy atom. The highest BCUT2D eigenvalue weighted by molar-refractivity contribution is 5.73. The van der Waals surface area contributed by atoms with E-state index in [4.69, 9.17) is 5.11 Å². The summed E-state index contributed by atoms with van der Waals surface area (Å²) < 4.78 is 0. The number of hydrogen-bond donors (Lipinski definition) is 1. The van der Waals surface area contributed by atoms with E-state index < -0.39 is 0 Å². The summed E-state index contributed by atoms with van der Waals surface area (Å²) in [5, 5.41) is 8.89. The monoisotopic (exact) mass is 147 g/mol. The average molecular weight is 147 g/mol. The van der Waals surface area contributed by atoms with E-state index >= 15 is 0 Å². The maximum Gasteiger partial charge on any atom is 0.193 e. The zero-order valence-electron chi connectivity index (χ0n) is 5.61. The van der Waals surface area contributed by atoms with Crippen molar-refractivity contribution in [3.63, 3.8) is 0 Å². The lowest BCUT2D eigenvalue weighted by atomic mass is 10.3. The Labute approximate surface area is 63.7 Å². The van der Waals surface area contributed by atoms with Gasteiger partial charge in [-0.25, -0.2) is 0 Å². The van der Waals surface area contributed by atoms with Crippen molar-refractivity contribution in [3.8, 4) is 17.6 Å². The van der Waals surface area contributed by atoms with E-state index in [2.05, 4.69) is 16.8 Å². The number of carbonyl (C=O) groups is 1. The topological polar surface area (TPSA) is 50.2 Å². The van der Waals surface area contributed by atoms with E-state index in [0.717, 1.165) is 0 Å². The SMILES string of the molecule is O=CC#Cc1cncc(O)c1. The fourth-order valence-electron chi connectivity index (χ4n) is 0.609. The van der Waals surface area contributed by atoms with Gasteiger partial charge in [-0.1, -0.05) is 5.92 Å². The molecule has 11 heavy (non-hydrogen) atoms. The third-order valence-electron chi connectivity index (χ3n) is 0.999. The predicted molar refractivity (Wildman–Crippen MR) is 38.8 cm³/mol. The number of aromatic hydroxyl groups is 1. The molecule has 3 heteroatoms. The Balaban J connectivity index is 2.96. The second kappa shape index (κ2) is 3.37. The van der Waals surface area contributed by atoms with Crippen LogP contribution in [0.1, 0.15) is 5.56 Å². The quantitative estimate of drug-likeness (QED) is 0.425.